The van der Waals surface area contributed by atoms with Crippen molar-refractivity contribution in [3.8, 4) is 6.07 Å². The van der Waals surface area contributed by atoms with Crippen molar-refractivity contribution in [2.75, 3.05) is 12.4 Å². The van der Waals surface area contributed by atoms with E-state index in [1.807, 2.05) is 19.1 Å². The second-order valence-electron chi connectivity index (χ2n) is 6.14. The van der Waals surface area contributed by atoms with Crippen LogP contribution in [0.5, 0.6) is 0 Å². The second kappa shape index (κ2) is 7.30. The van der Waals surface area contributed by atoms with Crippen molar-refractivity contribution in [1.82, 2.24) is 9.88 Å². The molecule has 1 unspecified atom stereocenters. The largest absolute Gasteiger partial charge is 0.328 e. The number of rotatable bonds is 3. The topological polar surface area (TPSA) is 89.0 Å². The number of halogens is 1. The van der Waals surface area contributed by atoms with Crippen molar-refractivity contribution in [1.29, 1.82) is 5.26 Å². The van der Waals surface area contributed by atoms with Gasteiger partial charge in [-0.25, -0.2) is 9.18 Å². The molecule has 0 saturated carbocycles. The zero-order valence-electron chi connectivity index (χ0n) is 14.8. The summed E-state index contributed by atoms with van der Waals surface area (Å²) in [4.78, 5) is 28.7. The van der Waals surface area contributed by atoms with E-state index in [-0.39, 0.29) is 17.2 Å². The minimum atomic E-state index is -0.642. The minimum absolute atomic E-state index is 0.143. The fourth-order valence-corrected chi connectivity index (χ4v) is 2.86. The zero-order chi connectivity index (χ0) is 19.6. The van der Waals surface area contributed by atoms with Crippen molar-refractivity contribution in [2.45, 2.75) is 13.0 Å². The Morgan fingerprint density at radius 3 is 2.67 bits per heavy atom. The van der Waals surface area contributed by atoms with Crippen LogP contribution in [-0.4, -0.2) is 23.0 Å². The predicted octanol–water partition coefficient (Wildman–Crippen LogP) is 3.76. The number of nitrogens with zero attached hydrogens (tertiary/aromatic N) is 2. The maximum absolute atomic E-state index is 13.4. The summed E-state index contributed by atoms with van der Waals surface area (Å²) in [5, 5.41) is 12.9. The summed E-state index contributed by atoms with van der Waals surface area (Å²) >= 11 is 0. The molecule has 0 aliphatic carbocycles. The predicted molar refractivity (Wildman–Crippen MR) is 101 cm³/mol. The van der Waals surface area contributed by atoms with E-state index in [9.17, 15) is 14.0 Å². The van der Waals surface area contributed by atoms with E-state index in [4.69, 9.17) is 5.26 Å². The molecule has 2 amide bonds. The number of carbonyl (C=O) groups excluding carboxylic acids is 1. The van der Waals surface area contributed by atoms with Crippen LogP contribution in [0.15, 0.2) is 53.5 Å². The summed E-state index contributed by atoms with van der Waals surface area (Å²) in [7, 11) is 1.62. The van der Waals surface area contributed by atoms with E-state index in [0.717, 1.165) is 17.0 Å². The van der Waals surface area contributed by atoms with Gasteiger partial charge in [0.15, 0.2) is 0 Å². The second-order valence-corrected chi connectivity index (χ2v) is 6.14. The Morgan fingerprint density at radius 1 is 1.26 bits per heavy atom. The van der Waals surface area contributed by atoms with Gasteiger partial charge >= 0.3 is 6.03 Å². The van der Waals surface area contributed by atoms with Gasteiger partial charge in [0.05, 0.1) is 11.6 Å². The molecule has 0 aliphatic heterocycles. The normalized spacial score (nSPS) is 11.6. The molecule has 0 saturated heterocycles. The molecule has 1 heterocycles. The van der Waals surface area contributed by atoms with Gasteiger partial charge in [0.1, 0.15) is 11.9 Å². The molecule has 0 bridgehead atoms. The van der Waals surface area contributed by atoms with E-state index in [1.165, 1.54) is 17.0 Å². The van der Waals surface area contributed by atoms with Crippen LogP contribution in [0.1, 0.15) is 24.1 Å². The van der Waals surface area contributed by atoms with Crippen molar-refractivity contribution < 1.29 is 9.18 Å². The number of amides is 2. The first kappa shape index (κ1) is 18.1. The molecule has 2 N–H and O–H groups in total. The molecular weight excluding hydrogens is 347 g/mol. The molecule has 1 atom stereocenters. The summed E-state index contributed by atoms with van der Waals surface area (Å²) in [6.07, 6.45) is 1.60. The highest BCUT2D eigenvalue weighted by Gasteiger charge is 2.20. The minimum Gasteiger partial charge on any atom is -0.328 e. The van der Waals surface area contributed by atoms with E-state index in [1.54, 1.807) is 31.4 Å². The lowest BCUT2D eigenvalue weighted by molar-refractivity contribution is 0.208. The lowest BCUT2D eigenvalue weighted by atomic mass is 10.0. The quantitative estimate of drug-likeness (QED) is 0.741. The Labute approximate surface area is 154 Å². The average Bonchev–Trinajstić information content (AvgIpc) is 2.68. The Hall–Kier alpha value is -3.66. The molecule has 2 aromatic carbocycles. The molecule has 27 heavy (non-hydrogen) atoms. The van der Waals surface area contributed by atoms with Crippen LogP contribution in [-0.2, 0) is 0 Å². The first-order valence-electron chi connectivity index (χ1n) is 8.26. The number of anilines is 1. The summed E-state index contributed by atoms with van der Waals surface area (Å²) in [6.45, 7) is 1.84. The molecule has 0 aliphatic rings. The summed E-state index contributed by atoms with van der Waals surface area (Å²) < 4.78 is 13.4. The van der Waals surface area contributed by atoms with E-state index < -0.39 is 11.8 Å². The van der Waals surface area contributed by atoms with Gasteiger partial charge < -0.3 is 15.2 Å². The van der Waals surface area contributed by atoms with E-state index >= 15 is 0 Å². The van der Waals surface area contributed by atoms with Crippen molar-refractivity contribution in [3.63, 3.8) is 0 Å². The highest BCUT2D eigenvalue weighted by atomic mass is 19.1. The average molecular weight is 364 g/mol. The molecular formula is C20H17FN4O2. The van der Waals surface area contributed by atoms with Crippen LogP contribution in [0, 0.1) is 17.1 Å². The molecule has 136 valence electrons. The lowest BCUT2D eigenvalue weighted by Gasteiger charge is -2.26. The Balaban J connectivity index is 1.87. The van der Waals surface area contributed by atoms with Crippen LogP contribution in [0.4, 0.5) is 14.9 Å². The number of fused-ring (bicyclic) bond motifs is 1. The van der Waals surface area contributed by atoms with Crippen LogP contribution in [0.25, 0.3) is 10.8 Å². The van der Waals surface area contributed by atoms with Gasteiger partial charge in [-0.2, -0.15) is 5.26 Å². The van der Waals surface area contributed by atoms with Gasteiger partial charge in [0, 0.05) is 24.3 Å². The molecule has 7 heteroatoms. The number of hydrogen-bond donors (Lipinski definition) is 2. The molecule has 3 aromatic rings. The maximum atomic E-state index is 13.4. The number of nitrogens with one attached hydrogen (secondary N) is 2. The number of nitriles is 1. The molecule has 0 fully saturated rings. The Bertz CT molecular complexity index is 1120. The van der Waals surface area contributed by atoms with Gasteiger partial charge in [-0.1, -0.05) is 18.2 Å². The number of hydrogen-bond acceptors (Lipinski definition) is 3. The monoisotopic (exact) mass is 364 g/mol. The third-order valence-electron chi connectivity index (χ3n) is 4.53. The number of carbonyl (C=O) groups is 1. The molecule has 0 spiro atoms. The number of urea groups is 1. The van der Waals surface area contributed by atoms with Gasteiger partial charge in [-0.05, 0) is 42.1 Å². The van der Waals surface area contributed by atoms with Crippen LogP contribution >= 0.6 is 0 Å². The molecule has 0 radical (unpaired) electrons. The fourth-order valence-electron chi connectivity index (χ4n) is 2.86. The summed E-state index contributed by atoms with van der Waals surface area (Å²) in [5.41, 5.74) is 0.780. The van der Waals surface area contributed by atoms with Gasteiger partial charge in [0.2, 0.25) is 0 Å². The number of aromatic amines is 1. The molecule has 6 nitrogen and oxygen atoms in total. The molecule has 1 aromatic heterocycles. The van der Waals surface area contributed by atoms with Crippen LogP contribution in [0.2, 0.25) is 0 Å². The summed E-state index contributed by atoms with van der Waals surface area (Å²) in [6, 6.07) is 12.0. The van der Waals surface area contributed by atoms with Crippen molar-refractivity contribution in [2.24, 2.45) is 0 Å². The third kappa shape index (κ3) is 3.51. The van der Waals surface area contributed by atoms with Crippen molar-refractivity contribution >= 4 is 22.5 Å². The van der Waals surface area contributed by atoms with Crippen LogP contribution < -0.4 is 10.9 Å². The Morgan fingerprint density at radius 2 is 1.96 bits per heavy atom. The van der Waals surface area contributed by atoms with Crippen molar-refractivity contribution in [3.05, 3.63) is 76.0 Å². The summed E-state index contributed by atoms with van der Waals surface area (Å²) in [5.74, 6) is -0.642. The smallest absolute Gasteiger partial charge is 0.322 e. The first-order valence-corrected chi connectivity index (χ1v) is 8.26. The third-order valence-corrected chi connectivity index (χ3v) is 4.53. The molecule has 3 rings (SSSR count). The SMILES string of the molecule is CC(c1c[nH]c(=O)c2ccccc12)N(C)C(=O)Nc1ccc(F)c(C#N)c1. The first-order chi connectivity index (χ1) is 12.9. The zero-order valence-corrected chi connectivity index (χ0v) is 14.8. The fraction of sp³-hybridized carbons (Fsp3) is 0.150. The van der Waals surface area contributed by atoms with Crippen LogP contribution in [0.3, 0.4) is 0 Å². The lowest BCUT2D eigenvalue weighted by Crippen LogP contribution is -2.34. The number of pyridine rings is 1. The maximum Gasteiger partial charge on any atom is 0.322 e. The van der Waals surface area contributed by atoms with Gasteiger partial charge in [-0.3, -0.25) is 4.79 Å². The standard InChI is InChI=1S/C20H17FN4O2/c1-12(17-11-23-19(26)16-6-4-3-5-15(16)17)25(2)20(27)24-14-7-8-18(21)13(9-14)10-22/h3-9,11-12H,1-2H3,(H,23,26)(H,24,27). The number of benzene rings is 2. The number of aromatic nitrogens is 1. The van der Waals surface area contributed by atoms with Gasteiger partial charge in [0.25, 0.3) is 5.56 Å². The number of H-pyrrole nitrogens is 1. The highest BCUT2D eigenvalue weighted by Crippen LogP contribution is 2.25. The van der Waals surface area contributed by atoms with E-state index in [0.29, 0.717) is 11.1 Å². The Kier molecular flexibility index (Phi) is 4.90. The van der Waals surface area contributed by atoms with Gasteiger partial charge in [-0.15, -0.1) is 0 Å². The highest BCUT2D eigenvalue weighted by molar-refractivity contribution is 5.90. The van der Waals surface area contributed by atoms with E-state index in [2.05, 4.69) is 10.3 Å².